The number of carbonyl (C=O) groups excluding carboxylic acids is 2. The van der Waals surface area contributed by atoms with E-state index >= 15 is 0 Å². The number of benzene rings is 2. The van der Waals surface area contributed by atoms with Crippen molar-refractivity contribution >= 4 is 28.8 Å². The fourth-order valence-electron chi connectivity index (χ4n) is 5.34. The molecule has 1 amide bonds. The topological polar surface area (TPSA) is 102 Å². The van der Waals surface area contributed by atoms with Crippen LogP contribution in [0.5, 0.6) is 11.5 Å². The second-order valence-corrected chi connectivity index (χ2v) is 11.1. The van der Waals surface area contributed by atoms with Crippen LogP contribution in [0.2, 0.25) is 0 Å². The van der Waals surface area contributed by atoms with E-state index in [4.69, 9.17) is 23.9 Å². The summed E-state index contributed by atoms with van der Waals surface area (Å²) in [4.78, 5) is 35.4. The van der Waals surface area contributed by atoms with Gasteiger partial charge in [0, 0.05) is 31.9 Å². The minimum Gasteiger partial charge on any atom is -0.493 e. The van der Waals surface area contributed by atoms with Crippen molar-refractivity contribution in [3.8, 4) is 11.5 Å². The molecule has 228 valence electrons. The molecule has 2 aromatic carbocycles. The van der Waals surface area contributed by atoms with E-state index in [0.29, 0.717) is 47.5 Å². The molecule has 1 saturated heterocycles. The molecule has 2 aromatic rings. The van der Waals surface area contributed by atoms with E-state index in [1.54, 1.807) is 7.11 Å². The molecule has 11 heteroatoms. The molecule has 1 fully saturated rings. The third-order valence-corrected chi connectivity index (χ3v) is 8.45. The number of ether oxygens (including phenoxy) is 4. The van der Waals surface area contributed by atoms with E-state index in [9.17, 15) is 9.59 Å². The van der Waals surface area contributed by atoms with E-state index in [2.05, 4.69) is 10.2 Å². The number of rotatable bonds is 12. The molecule has 0 radical (unpaired) electrons. The Morgan fingerprint density at radius 2 is 1.88 bits per heavy atom. The first-order chi connectivity index (χ1) is 21.0. The van der Waals surface area contributed by atoms with E-state index in [0.717, 1.165) is 49.7 Å². The van der Waals surface area contributed by atoms with E-state index in [1.165, 1.54) is 18.9 Å². The van der Waals surface area contributed by atoms with Gasteiger partial charge in [0.15, 0.2) is 16.7 Å². The number of carbonyl (C=O) groups is 2. The van der Waals surface area contributed by atoms with Gasteiger partial charge in [-0.2, -0.15) is 0 Å². The average molecular weight is 607 g/mol. The highest BCUT2D eigenvalue weighted by Crippen LogP contribution is 2.46. The molecule has 3 aliphatic rings. The Kier molecular flexibility index (Phi) is 10.4. The van der Waals surface area contributed by atoms with Gasteiger partial charge in [0.1, 0.15) is 6.61 Å². The Morgan fingerprint density at radius 1 is 1.09 bits per heavy atom. The normalized spacial score (nSPS) is 18.5. The Balaban J connectivity index is 1.39. The Bertz CT molecular complexity index is 1400. The molecule has 0 saturated carbocycles. The molecule has 0 unspecified atom stereocenters. The lowest BCUT2D eigenvalue weighted by Crippen LogP contribution is -2.42. The van der Waals surface area contributed by atoms with Gasteiger partial charge in [0.05, 0.1) is 51.2 Å². The highest BCUT2D eigenvalue weighted by atomic mass is 32.2. The molecule has 0 spiro atoms. The highest BCUT2D eigenvalue weighted by Gasteiger charge is 2.41. The van der Waals surface area contributed by atoms with Gasteiger partial charge in [-0.25, -0.2) is 9.79 Å². The van der Waals surface area contributed by atoms with Gasteiger partial charge in [-0.1, -0.05) is 55.1 Å². The van der Waals surface area contributed by atoms with Gasteiger partial charge in [0.2, 0.25) is 5.91 Å². The van der Waals surface area contributed by atoms with Crippen molar-refractivity contribution in [2.24, 2.45) is 4.99 Å². The molecule has 5 rings (SSSR count). The van der Waals surface area contributed by atoms with Crippen LogP contribution in [0.3, 0.4) is 0 Å². The van der Waals surface area contributed by atoms with Crippen LogP contribution in [0.4, 0.5) is 0 Å². The second kappa shape index (κ2) is 14.6. The summed E-state index contributed by atoms with van der Waals surface area (Å²) in [5, 5.41) is 5.70. The van der Waals surface area contributed by atoms with E-state index in [1.807, 2.05) is 65.8 Å². The van der Waals surface area contributed by atoms with Crippen LogP contribution in [-0.4, -0.2) is 80.5 Å². The summed E-state index contributed by atoms with van der Waals surface area (Å²) < 4.78 is 22.5. The first-order valence-corrected chi connectivity index (χ1v) is 15.4. The zero-order valence-corrected chi connectivity index (χ0v) is 25.7. The maximum atomic E-state index is 13.3. The van der Waals surface area contributed by atoms with Gasteiger partial charge in [0.25, 0.3) is 0 Å². The lowest BCUT2D eigenvalue weighted by atomic mass is 9.92. The van der Waals surface area contributed by atoms with Crippen molar-refractivity contribution in [2.75, 3.05) is 53.6 Å². The fraction of sp³-hybridized carbons (Fsp3) is 0.406. The number of methoxy groups -OCH3 is 2. The maximum Gasteiger partial charge on any atom is 0.338 e. The largest absolute Gasteiger partial charge is 0.493 e. The third-order valence-electron chi connectivity index (χ3n) is 7.57. The van der Waals surface area contributed by atoms with Crippen molar-refractivity contribution in [3.05, 3.63) is 82.0 Å². The first-order valence-electron chi connectivity index (χ1n) is 14.5. The maximum absolute atomic E-state index is 13.3. The summed E-state index contributed by atoms with van der Waals surface area (Å²) in [5.74, 6) is 0.579. The molecule has 10 nitrogen and oxygen atoms in total. The van der Waals surface area contributed by atoms with Crippen LogP contribution in [0.25, 0.3) is 0 Å². The number of esters is 1. The Labute approximate surface area is 256 Å². The first kappa shape index (κ1) is 30.7. The minimum atomic E-state index is -0.561. The molecular formula is C32H38N4O6S. The molecule has 3 heterocycles. The summed E-state index contributed by atoms with van der Waals surface area (Å²) >= 11 is 1.45. The van der Waals surface area contributed by atoms with Crippen molar-refractivity contribution in [1.82, 2.24) is 15.1 Å². The monoisotopic (exact) mass is 606 g/mol. The molecule has 43 heavy (non-hydrogen) atoms. The molecule has 0 aliphatic carbocycles. The van der Waals surface area contributed by atoms with Crippen molar-refractivity contribution in [3.63, 3.8) is 0 Å². The number of amides is 1. The molecular weight excluding hydrogens is 568 g/mol. The smallest absolute Gasteiger partial charge is 0.338 e. The Hall–Kier alpha value is -3.80. The lowest BCUT2D eigenvalue weighted by molar-refractivity contribution is -0.136. The SMILES string of the molecule is CCC1=C(C(=O)OC)[C@H](c2ccc(OCc3ccccc3)c(OC)c2)N2C(CC(=O)NCCN3CCOCC3)=CSC2=N1. The van der Waals surface area contributed by atoms with Crippen LogP contribution in [0.15, 0.2) is 75.9 Å². The van der Waals surface area contributed by atoms with Crippen molar-refractivity contribution in [1.29, 1.82) is 0 Å². The summed E-state index contributed by atoms with van der Waals surface area (Å²) in [5.41, 5.74) is 3.69. The predicted octanol–water partition coefficient (Wildman–Crippen LogP) is 4.25. The van der Waals surface area contributed by atoms with Crippen LogP contribution < -0.4 is 14.8 Å². The number of hydrogen-bond donors (Lipinski definition) is 1. The Morgan fingerprint density at radius 3 is 2.60 bits per heavy atom. The number of aliphatic imine (C=N–C) groups is 1. The molecule has 3 aliphatic heterocycles. The number of nitrogens with one attached hydrogen (secondary N) is 1. The molecule has 0 aromatic heterocycles. The second-order valence-electron chi connectivity index (χ2n) is 10.3. The number of nitrogens with zero attached hydrogens (tertiary/aromatic N) is 3. The highest BCUT2D eigenvalue weighted by molar-refractivity contribution is 8.16. The average Bonchev–Trinajstić information content (AvgIpc) is 3.45. The van der Waals surface area contributed by atoms with Crippen molar-refractivity contribution < 1.29 is 28.5 Å². The number of morpholine rings is 1. The summed E-state index contributed by atoms with van der Waals surface area (Å²) in [6, 6.07) is 15.0. The van der Waals surface area contributed by atoms with Gasteiger partial charge in [-0.3, -0.25) is 9.69 Å². The van der Waals surface area contributed by atoms with Crippen LogP contribution in [0.1, 0.15) is 36.9 Å². The molecule has 0 bridgehead atoms. The van der Waals surface area contributed by atoms with Crippen molar-refractivity contribution in [2.45, 2.75) is 32.4 Å². The minimum absolute atomic E-state index is 0.0905. The zero-order valence-electron chi connectivity index (χ0n) is 24.8. The van der Waals surface area contributed by atoms with Crippen LogP contribution >= 0.6 is 11.8 Å². The number of thioether (sulfide) groups is 1. The standard InChI is InChI=1S/C32H38N4O6S/c1-4-25-29(31(38)40-3)30(23-10-11-26(27(18-23)39-2)42-20-22-8-6-5-7-9-22)36-24(21-43-32(36)34-25)19-28(37)33-12-13-35-14-16-41-17-15-35/h5-11,18,21,30H,4,12-17,19-20H2,1-3H3,(H,33,37)/t30-/m0/s1. The third kappa shape index (κ3) is 7.23. The summed E-state index contributed by atoms with van der Waals surface area (Å²) in [7, 11) is 2.96. The number of hydrogen-bond acceptors (Lipinski definition) is 10. The summed E-state index contributed by atoms with van der Waals surface area (Å²) in [6.45, 7) is 6.86. The van der Waals surface area contributed by atoms with E-state index < -0.39 is 12.0 Å². The molecule has 1 atom stereocenters. The van der Waals surface area contributed by atoms with Gasteiger partial charge >= 0.3 is 5.97 Å². The molecule has 1 N–H and O–H groups in total. The quantitative estimate of drug-likeness (QED) is 0.356. The number of allylic oxidation sites excluding steroid dienone is 1. The van der Waals surface area contributed by atoms with E-state index in [-0.39, 0.29) is 12.3 Å². The lowest BCUT2D eigenvalue weighted by Gasteiger charge is -2.36. The van der Waals surface area contributed by atoms with Crippen LogP contribution in [0, 0.1) is 0 Å². The fourth-order valence-corrected chi connectivity index (χ4v) is 6.28. The number of fused-ring (bicyclic) bond motifs is 1. The summed E-state index contributed by atoms with van der Waals surface area (Å²) in [6.07, 6.45) is 0.697. The predicted molar refractivity (Wildman–Crippen MR) is 166 cm³/mol. The van der Waals surface area contributed by atoms with Crippen LogP contribution in [-0.2, 0) is 25.7 Å². The zero-order chi connectivity index (χ0) is 30.2. The van der Waals surface area contributed by atoms with Gasteiger partial charge in [-0.15, -0.1) is 0 Å². The number of amidine groups is 1. The van der Waals surface area contributed by atoms with Gasteiger partial charge in [-0.05, 0) is 35.1 Å². The van der Waals surface area contributed by atoms with Gasteiger partial charge < -0.3 is 29.2 Å².